The summed E-state index contributed by atoms with van der Waals surface area (Å²) in [5.74, 6) is -0.0325. The minimum atomic E-state index is -3.99. The Labute approximate surface area is 190 Å². The highest BCUT2D eigenvalue weighted by molar-refractivity contribution is 7.92. The van der Waals surface area contributed by atoms with Crippen LogP contribution in [-0.2, 0) is 10.0 Å². The lowest BCUT2D eigenvalue weighted by molar-refractivity contribution is 0.413. The fraction of sp³-hybridized carbons (Fsp3) is 0.0870. The number of nitrogens with one attached hydrogen (secondary N) is 1. The zero-order valence-corrected chi connectivity index (χ0v) is 18.8. The summed E-state index contributed by atoms with van der Waals surface area (Å²) < 4.78 is 49.8. The molecule has 0 unspecified atom stereocenters. The molecule has 9 heteroatoms. The van der Waals surface area contributed by atoms with Crippen LogP contribution in [0.5, 0.6) is 5.75 Å². The molecule has 0 radical (unpaired) electrons. The van der Waals surface area contributed by atoms with E-state index < -0.39 is 15.8 Å². The van der Waals surface area contributed by atoms with Gasteiger partial charge in [-0.15, -0.1) is 0 Å². The first-order valence-electron chi connectivity index (χ1n) is 9.55. The molecule has 0 fully saturated rings. The predicted molar refractivity (Wildman–Crippen MR) is 123 cm³/mol. The third-order valence-corrected chi connectivity index (χ3v) is 6.57. The summed E-state index contributed by atoms with van der Waals surface area (Å²) in [5, 5.41) is 0.120. The average Bonchev–Trinajstić information content (AvgIpc) is 3.19. The van der Waals surface area contributed by atoms with Crippen LogP contribution in [0, 0.1) is 12.7 Å². The van der Waals surface area contributed by atoms with Crippen LogP contribution in [0.3, 0.4) is 0 Å². The largest absolute Gasteiger partial charge is 0.494 e. The van der Waals surface area contributed by atoms with Crippen molar-refractivity contribution in [3.05, 3.63) is 89.7 Å². The summed E-state index contributed by atoms with van der Waals surface area (Å²) in [6.45, 7) is 1.87. The Hall–Kier alpha value is -3.36. The van der Waals surface area contributed by atoms with Gasteiger partial charge < -0.3 is 9.30 Å². The van der Waals surface area contributed by atoms with E-state index >= 15 is 0 Å². The minimum absolute atomic E-state index is 0.0155. The number of sulfonamides is 1. The molecule has 0 aliphatic rings. The first kappa shape index (κ1) is 21.9. The highest BCUT2D eigenvalue weighted by Gasteiger charge is 2.21. The molecular formula is C23H19ClFN3O3S. The maximum Gasteiger partial charge on any atom is 0.262 e. The van der Waals surface area contributed by atoms with Crippen LogP contribution in [0.15, 0.2) is 78.1 Å². The average molecular weight is 472 g/mol. The van der Waals surface area contributed by atoms with Gasteiger partial charge in [-0.3, -0.25) is 4.72 Å². The van der Waals surface area contributed by atoms with E-state index in [1.54, 1.807) is 47.3 Å². The van der Waals surface area contributed by atoms with E-state index in [0.29, 0.717) is 22.6 Å². The number of imidazole rings is 1. The Balaban J connectivity index is 1.72. The summed E-state index contributed by atoms with van der Waals surface area (Å²) in [4.78, 5) is 4.22. The molecule has 0 amide bonds. The zero-order valence-electron chi connectivity index (χ0n) is 17.2. The molecule has 6 nitrogen and oxygen atoms in total. The standard InChI is InChI=1S/C23H19ClFN3O3S/c1-15-13-28(14-26-15)21-10-8-17(12-22(21)31-2)27-32(29,30)23-6-4-3-5-19(23)18-9-7-16(25)11-20(18)24/h3-14,27H,1-2H3. The summed E-state index contributed by atoms with van der Waals surface area (Å²) in [7, 11) is -2.49. The lowest BCUT2D eigenvalue weighted by atomic mass is 10.1. The smallest absolute Gasteiger partial charge is 0.262 e. The second-order valence-electron chi connectivity index (χ2n) is 7.03. The second kappa shape index (κ2) is 8.64. The van der Waals surface area contributed by atoms with Crippen LogP contribution < -0.4 is 9.46 Å². The first-order chi connectivity index (χ1) is 15.3. The number of hydrogen-bond donors (Lipinski definition) is 1. The van der Waals surface area contributed by atoms with Gasteiger partial charge in [-0.2, -0.15) is 0 Å². The normalized spacial score (nSPS) is 11.4. The van der Waals surface area contributed by atoms with Crippen molar-refractivity contribution in [3.8, 4) is 22.6 Å². The van der Waals surface area contributed by atoms with E-state index in [0.717, 1.165) is 17.4 Å². The number of halogens is 2. The Bertz CT molecular complexity index is 1400. The number of benzene rings is 3. The number of aromatic nitrogens is 2. The van der Waals surface area contributed by atoms with Gasteiger partial charge in [0.05, 0.1) is 40.4 Å². The molecule has 164 valence electrons. The van der Waals surface area contributed by atoms with E-state index in [4.69, 9.17) is 16.3 Å². The molecule has 0 saturated heterocycles. The number of ether oxygens (including phenoxy) is 1. The van der Waals surface area contributed by atoms with Gasteiger partial charge in [-0.1, -0.05) is 29.8 Å². The predicted octanol–water partition coefficient (Wildman–Crippen LogP) is 5.45. The summed E-state index contributed by atoms with van der Waals surface area (Å²) in [6, 6.07) is 15.2. The van der Waals surface area contributed by atoms with Gasteiger partial charge in [-0.05, 0) is 43.3 Å². The third-order valence-electron chi connectivity index (χ3n) is 4.82. The van der Waals surface area contributed by atoms with Crippen molar-refractivity contribution in [2.75, 3.05) is 11.8 Å². The Morgan fingerprint density at radius 2 is 1.84 bits per heavy atom. The Morgan fingerprint density at radius 3 is 2.53 bits per heavy atom. The molecule has 0 aliphatic heterocycles. The number of anilines is 1. The molecule has 1 N–H and O–H groups in total. The van der Waals surface area contributed by atoms with E-state index in [2.05, 4.69) is 9.71 Å². The molecule has 0 saturated carbocycles. The first-order valence-corrected chi connectivity index (χ1v) is 11.4. The van der Waals surface area contributed by atoms with E-state index in [1.165, 1.54) is 25.3 Å². The quantitative estimate of drug-likeness (QED) is 0.406. The monoisotopic (exact) mass is 471 g/mol. The number of methoxy groups -OCH3 is 1. The van der Waals surface area contributed by atoms with Crippen LogP contribution in [0.4, 0.5) is 10.1 Å². The lowest BCUT2D eigenvalue weighted by Crippen LogP contribution is -2.14. The van der Waals surface area contributed by atoms with E-state index in [-0.39, 0.29) is 9.92 Å². The number of rotatable bonds is 6. The van der Waals surface area contributed by atoms with Crippen LogP contribution >= 0.6 is 11.6 Å². The molecule has 0 atom stereocenters. The van der Waals surface area contributed by atoms with E-state index in [1.807, 2.05) is 13.1 Å². The van der Waals surface area contributed by atoms with Crippen molar-refractivity contribution in [3.63, 3.8) is 0 Å². The van der Waals surface area contributed by atoms with Crippen molar-refractivity contribution in [1.29, 1.82) is 0 Å². The van der Waals surface area contributed by atoms with Gasteiger partial charge >= 0.3 is 0 Å². The molecule has 4 rings (SSSR count). The van der Waals surface area contributed by atoms with Crippen molar-refractivity contribution < 1.29 is 17.5 Å². The van der Waals surface area contributed by atoms with Crippen molar-refractivity contribution in [2.45, 2.75) is 11.8 Å². The van der Waals surface area contributed by atoms with Gasteiger partial charge in [-0.25, -0.2) is 17.8 Å². The molecule has 0 bridgehead atoms. The molecule has 1 heterocycles. The fourth-order valence-electron chi connectivity index (χ4n) is 3.35. The maximum atomic E-state index is 13.5. The maximum absolute atomic E-state index is 13.5. The lowest BCUT2D eigenvalue weighted by Gasteiger charge is -2.15. The summed E-state index contributed by atoms with van der Waals surface area (Å²) >= 11 is 6.18. The number of hydrogen-bond acceptors (Lipinski definition) is 4. The highest BCUT2D eigenvalue weighted by Crippen LogP contribution is 2.35. The van der Waals surface area contributed by atoms with Gasteiger partial charge in [0.25, 0.3) is 10.0 Å². The molecule has 32 heavy (non-hydrogen) atoms. The molecule has 0 aliphatic carbocycles. The minimum Gasteiger partial charge on any atom is -0.494 e. The van der Waals surface area contributed by atoms with E-state index in [9.17, 15) is 12.8 Å². The number of nitrogens with zero attached hydrogens (tertiary/aromatic N) is 2. The second-order valence-corrected chi connectivity index (χ2v) is 9.09. The molecule has 0 spiro atoms. The molecular weight excluding hydrogens is 453 g/mol. The van der Waals surface area contributed by atoms with Crippen molar-refractivity contribution in [1.82, 2.24) is 9.55 Å². The van der Waals surface area contributed by atoms with Gasteiger partial charge in [0, 0.05) is 23.4 Å². The van der Waals surface area contributed by atoms with Crippen molar-refractivity contribution in [2.24, 2.45) is 0 Å². The van der Waals surface area contributed by atoms with Crippen LogP contribution in [0.2, 0.25) is 5.02 Å². The van der Waals surface area contributed by atoms with Crippen LogP contribution in [0.1, 0.15) is 5.69 Å². The third kappa shape index (κ3) is 4.32. The van der Waals surface area contributed by atoms with Gasteiger partial charge in [0.15, 0.2) is 0 Å². The van der Waals surface area contributed by atoms with Gasteiger partial charge in [0.1, 0.15) is 11.6 Å². The van der Waals surface area contributed by atoms with Gasteiger partial charge in [0.2, 0.25) is 0 Å². The fourth-order valence-corrected chi connectivity index (χ4v) is 4.89. The summed E-state index contributed by atoms with van der Waals surface area (Å²) in [6.07, 6.45) is 3.49. The van der Waals surface area contributed by atoms with Crippen LogP contribution in [0.25, 0.3) is 16.8 Å². The number of aryl methyl sites for hydroxylation is 1. The highest BCUT2D eigenvalue weighted by atomic mass is 35.5. The molecule has 4 aromatic rings. The topological polar surface area (TPSA) is 73.2 Å². The SMILES string of the molecule is COc1cc(NS(=O)(=O)c2ccccc2-c2ccc(F)cc2Cl)ccc1-n1cnc(C)c1. The Morgan fingerprint density at radius 1 is 1.06 bits per heavy atom. The van der Waals surface area contributed by atoms with Crippen molar-refractivity contribution >= 4 is 27.3 Å². The molecule has 3 aromatic carbocycles. The Kier molecular flexibility index (Phi) is 5.90. The van der Waals surface area contributed by atoms with Crippen LogP contribution in [-0.4, -0.2) is 25.1 Å². The molecule has 1 aromatic heterocycles. The summed E-state index contributed by atoms with van der Waals surface area (Å²) in [5.41, 5.74) is 2.66. The zero-order chi connectivity index (χ0) is 22.9.